The van der Waals surface area contributed by atoms with Gasteiger partial charge in [0.1, 0.15) is 0 Å². The van der Waals surface area contributed by atoms with Crippen molar-refractivity contribution >= 4 is 5.91 Å². The Hall–Kier alpha value is -1.49. The lowest BCUT2D eigenvalue weighted by Gasteiger charge is -2.30. The van der Waals surface area contributed by atoms with Crippen LogP contribution in [0.5, 0.6) is 0 Å². The Morgan fingerprint density at radius 2 is 2.00 bits per heavy atom. The zero-order valence-electron chi connectivity index (χ0n) is 12.8. The number of aliphatic hydroxyl groups is 1. The Labute approximate surface area is 134 Å². The summed E-state index contributed by atoms with van der Waals surface area (Å²) in [5.74, 6) is -1.13. The number of hydrogen-bond donors (Lipinski definition) is 2. The average molecular weight is 321 g/mol. The lowest BCUT2D eigenvalue weighted by molar-refractivity contribution is -0.124. The van der Waals surface area contributed by atoms with Gasteiger partial charge in [0.05, 0.1) is 0 Å². The molecule has 124 valence electrons. The number of carbonyl (C=O) groups is 1. The second-order valence-electron chi connectivity index (χ2n) is 7.31. The van der Waals surface area contributed by atoms with Crippen molar-refractivity contribution in [1.29, 1.82) is 0 Å². The Morgan fingerprint density at radius 3 is 2.78 bits per heavy atom. The molecule has 0 spiro atoms. The molecule has 0 radical (unpaired) electrons. The minimum atomic E-state index is -0.859. The predicted molar refractivity (Wildman–Crippen MR) is 80.5 cm³/mol. The molecule has 0 aromatic heterocycles. The Morgan fingerprint density at radius 1 is 1.22 bits per heavy atom. The van der Waals surface area contributed by atoms with Crippen LogP contribution in [0.15, 0.2) is 18.2 Å². The van der Waals surface area contributed by atoms with Gasteiger partial charge in [0, 0.05) is 24.5 Å². The van der Waals surface area contributed by atoms with Crippen molar-refractivity contribution in [3.63, 3.8) is 0 Å². The fraction of sp³-hybridized carbons (Fsp3) is 0.611. The van der Waals surface area contributed by atoms with Crippen molar-refractivity contribution in [3.8, 4) is 0 Å². The number of halogens is 2. The van der Waals surface area contributed by atoms with Gasteiger partial charge in [-0.3, -0.25) is 4.79 Å². The number of fused-ring (bicyclic) bond motifs is 2. The largest absolute Gasteiger partial charge is 0.396 e. The summed E-state index contributed by atoms with van der Waals surface area (Å²) in [6, 6.07) is 4.19. The van der Waals surface area contributed by atoms with Crippen molar-refractivity contribution < 1.29 is 18.7 Å². The van der Waals surface area contributed by atoms with Crippen molar-refractivity contribution in [1.82, 2.24) is 5.32 Å². The molecule has 3 nitrogen and oxygen atoms in total. The van der Waals surface area contributed by atoms with Crippen LogP contribution < -0.4 is 5.32 Å². The van der Waals surface area contributed by atoms with E-state index in [9.17, 15) is 18.7 Å². The van der Waals surface area contributed by atoms with Crippen molar-refractivity contribution in [3.05, 3.63) is 35.4 Å². The zero-order valence-corrected chi connectivity index (χ0v) is 12.8. The van der Waals surface area contributed by atoms with Gasteiger partial charge < -0.3 is 10.4 Å². The molecular weight excluding hydrogens is 300 g/mol. The van der Waals surface area contributed by atoms with Crippen molar-refractivity contribution in [2.24, 2.45) is 23.7 Å². The molecule has 0 aliphatic heterocycles. The van der Waals surface area contributed by atoms with E-state index in [-0.39, 0.29) is 36.3 Å². The lowest BCUT2D eigenvalue weighted by Crippen LogP contribution is -2.46. The highest BCUT2D eigenvalue weighted by molar-refractivity contribution is 5.83. The smallest absolute Gasteiger partial charge is 0.223 e. The van der Waals surface area contributed by atoms with Crippen molar-refractivity contribution in [2.75, 3.05) is 6.61 Å². The molecule has 2 N–H and O–H groups in total. The molecule has 5 heteroatoms. The maximum absolute atomic E-state index is 13.8. The normalized spacial score (nSPS) is 37.9. The van der Waals surface area contributed by atoms with Crippen LogP contribution in [0.2, 0.25) is 0 Å². The van der Waals surface area contributed by atoms with Crippen LogP contribution >= 0.6 is 0 Å². The summed E-state index contributed by atoms with van der Waals surface area (Å²) in [6.07, 6.45) is 3.90. The maximum Gasteiger partial charge on any atom is 0.223 e. The summed E-state index contributed by atoms with van der Waals surface area (Å²) >= 11 is 0. The number of amides is 1. The molecule has 2 bridgehead atoms. The number of rotatable bonds is 4. The van der Waals surface area contributed by atoms with Gasteiger partial charge in [-0.15, -0.1) is 0 Å². The highest BCUT2D eigenvalue weighted by Gasteiger charge is 2.51. The minimum Gasteiger partial charge on any atom is -0.396 e. The van der Waals surface area contributed by atoms with E-state index in [4.69, 9.17) is 0 Å². The standard InChI is InChI=1S/C18H21F2NO2/c19-15-3-1-2-11(16(15)20)12-7-13(12)18(23)21-17-10-5-4-9(6-10)14(17)8-22/h1-3,9-10,12-14,17,22H,4-8H2,(H,21,23). The van der Waals surface area contributed by atoms with E-state index in [2.05, 4.69) is 5.32 Å². The third-order valence-electron chi connectivity index (χ3n) is 6.12. The van der Waals surface area contributed by atoms with Gasteiger partial charge in [-0.1, -0.05) is 12.1 Å². The second-order valence-corrected chi connectivity index (χ2v) is 7.31. The third kappa shape index (κ3) is 2.45. The number of carbonyl (C=O) groups excluding carboxylic acids is 1. The fourth-order valence-electron chi connectivity index (χ4n) is 4.80. The van der Waals surface area contributed by atoms with E-state index >= 15 is 0 Å². The molecule has 23 heavy (non-hydrogen) atoms. The molecule has 3 aliphatic rings. The zero-order chi connectivity index (χ0) is 16.1. The third-order valence-corrected chi connectivity index (χ3v) is 6.12. The van der Waals surface area contributed by atoms with Crippen LogP contribution in [0.1, 0.15) is 37.2 Å². The molecule has 1 aromatic rings. The molecule has 3 fully saturated rings. The van der Waals surface area contributed by atoms with Crippen LogP contribution in [0.3, 0.4) is 0 Å². The van der Waals surface area contributed by atoms with E-state index in [1.165, 1.54) is 6.07 Å². The van der Waals surface area contributed by atoms with Crippen LogP contribution in [-0.4, -0.2) is 23.7 Å². The topological polar surface area (TPSA) is 49.3 Å². The van der Waals surface area contributed by atoms with Crippen molar-refractivity contribution in [2.45, 2.75) is 37.6 Å². The molecule has 6 atom stereocenters. The van der Waals surface area contributed by atoms with E-state index in [1.54, 1.807) is 6.07 Å². The molecule has 3 saturated carbocycles. The first-order valence-electron chi connectivity index (χ1n) is 8.45. The fourth-order valence-corrected chi connectivity index (χ4v) is 4.80. The van der Waals surface area contributed by atoms with E-state index < -0.39 is 11.6 Å². The Bertz CT molecular complexity index is 635. The number of aliphatic hydroxyl groups excluding tert-OH is 1. The highest BCUT2D eigenvalue weighted by Crippen LogP contribution is 2.51. The predicted octanol–water partition coefficient (Wildman–Crippen LogP) is 2.59. The second kappa shape index (κ2) is 5.55. The number of hydrogen-bond acceptors (Lipinski definition) is 2. The van der Waals surface area contributed by atoms with E-state index in [0.29, 0.717) is 23.8 Å². The molecule has 1 aromatic carbocycles. The van der Waals surface area contributed by atoms with Crippen LogP contribution in [0.25, 0.3) is 0 Å². The molecule has 3 aliphatic carbocycles. The molecule has 6 unspecified atom stereocenters. The first-order chi connectivity index (χ1) is 11.1. The maximum atomic E-state index is 13.8. The first-order valence-corrected chi connectivity index (χ1v) is 8.45. The number of benzene rings is 1. The average Bonchev–Trinajstić information content (AvgIpc) is 3.08. The van der Waals surface area contributed by atoms with Gasteiger partial charge in [-0.05, 0) is 55.1 Å². The molecule has 0 saturated heterocycles. The van der Waals surface area contributed by atoms with E-state index in [0.717, 1.165) is 25.3 Å². The van der Waals surface area contributed by atoms with Gasteiger partial charge in [-0.25, -0.2) is 8.78 Å². The summed E-state index contributed by atoms with van der Waals surface area (Å²) in [5.41, 5.74) is 0.303. The minimum absolute atomic E-state index is 0.0462. The molecular formula is C18H21F2NO2. The van der Waals surface area contributed by atoms with Crippen LogP contribution in [0.4, 0.5) is 8.78 Å². The molecule has 0 heterocycles. The first kappa shape index (κ1) is 15.1. The Kier molecular flexibility index (Phi) is 3.63. The van der Waals surface area contributed by atoms with Gasteiger partial charge in [0.2, 0.25) is 5.91 Å². The molecule has 1 amide bonds. The van der Waals surface area contributed by atoms with Gasteiger partial charge in [0.25, 0.3) is 0 Å². The van der Waals surface area contributed by atoms with Gasteiger partial charge in [-0.2, -0.15) is 0 Å². The number of nitrogens with one attached hydrogen (secondary N) is 1. The summed E-state index contributed by atoms with van der Waals surface area (Å²) in [5, 5.41) is 12.7. The summed E-state index contributed by atoms with van der Waals surface area (Å²) in [6.45, 7) is 0.110. The highest BCUT2D eigenvalue weighted by atomic mass is 19.2. The van der Waals surface area contributed by atoms with Crippen LogP contribution in [-0.2, 0) is 4.79 Å². The monoisotopic (exact) mass is 321 g/mol. The lowest BCUT2D eigenvalue weighted by atomic mass is 9.85. The van der Waals surface area contributed by atoms with Gasteiger partial charge >= 0.3 is 0 Å². The summed E-state index contributed by atoms with van der Waals surface area (Å²) < 4.78 is 27.2. The van der Waals surface area contributed by atoms with Crippen LogP contribution in [0, 0.1) is 35.3 Å². The Balaban J connectivity index is 1.42. The summed E-state index contributed by atoms with van der Waals surface area (Å²) in [7, 11) is 0. The van der Waals surface area contributed by atoms with Gasteiger partial charge in [0.15, 0.2) is 11.6 Å². The van der Waals surface area contributed by atoms with E-state index in [1.807, 2.05) is 0 Å². The quantitative estimate of drug-likeness (QED) is 0.895. The SMILES string of the molecule is O=C(NC1C2CCC(C2)C1CO)C1CC1c1cccc(F)c1F. The molecule has 4 rings (SSSR count). The summed E-state index contributed by atoms with van der Waals surface area (Å²) in [4.78, 5) is 12.5.